The molecule has 1 unspecified atom stereocenters. The normalized spacial score (nSPS) is 13.8. The van der Waals surface area contributed by atoms with E-state index in [0.29, 0.717) is 0 Å². The smallest absolute Gasteiger partial charge is 0.0516 e. The highest BCUT2D eigenvalue weighted by Crippen LogP contribution is 2.11. The van der Waals surface area contributed by atoms with Gasteiger partial charge in [-0.1, -0.05) is 58.1 Å². The van der Waals surface area contributed by atoms with Crippen molar-refractivity contribution in [1.82, 2.24) is 0 Å². The van der Waals surface area contributed by atoms with E-state index in [1.165, 1.54) is 32.1 Å². The molecule has 0 aromatic rings. The second-order valence-corrected chi connectivity index (χ2v) is 4.14. The van der Waals surface area contributed by atoms with Crippen molar-refractivity contribution >= 4 is 11.6 Å². The predicted octanol–water partition coefficient (Wildman–Crippen LogP) is 4.92. The fourth-order valence-electron chi connectivity index (χ4n) is 1.27. The van der Waals surface area contributed by atoms with Crippen molar-refractivity contribution in [3.8, 4) is 0 Å². The van der Waals surface area contributed by atoms with Crippen LogP contribution < -0.4 is 0 Å². The Bertz CT molecular complexity index is 118. The Morgan fingerprint density at radius 3 is 2.46 bits per heavy atom. The third-order valence-electron chi connectivity index (χ3n) is 2.13. The molecular formula is C12H23Cl. The lowest BCUT2D eigenvalue weighted by molar-refractivity contribution is 0.639. The first-order valence-electron chi connectivity index (χ1n) is 5.62. The van der Waals surface area contributed by atoms with E-state index >= 15 is 0 Å². The number of allylic oxidation sites excluding steroid dienone is 2. The minimum absolute atomic E-state index is 0.267. The van der Waals surface area contributed by atoms with Crippen molar-refractivity contribution in [2.45, 2.75) is 64.2 Å². The minimum Gasteiger partial charge on any atom is -0.118 e. The molecule has 0 amide bonds. The molecule has 0 radical (unpaired) electrons. The van der Waals surface area contributed by atoms with E-state index in [0.717, 1.165) is 12.8 Å². The summed E-state index contributed by atoms with van der Waals surface area (Å²) >= 11 is 6.11. The van der Waals surface area contributed by atoms with Crippen molar-refractivity contribution in [3.05, 3.63) is 12.2 Å². The van der Waals surface area contributed by atoms with Crippen LogP contribution in [0.25, 0.3) is 0 Å². The fraction of sp³-hybridized carbons (Fsp3) is 0.833. The van der Waals surface area contributed by atoms with Gasteiger partial charge in [0.25, 0.3) is 0 Å². The zero-order valence-corrected chi connectivity index (χ0v) is 9.82. The standard InChI is InChI=1S/C12H23Cl/c1-3-5-7-9-11-12(13)10-8-6-4-2/h8,10,12H,3-7,9,11H2,1-2H3/b10-8+. The first-order chi connectivity index (χ1) is 6.31. The summed E-state index contributed by atoms with van der Waals surface area (Å²) in [6.07, 6.45) is 13.1. The summed E-state index contributed by atoms with van der Waals surface area (Å²) in [5, 5.41) is 0.267. The molecule has 0 nitrogen and oxygen atoms in total. The van der Waals surface area contributed by atoms with Crippen LogP contribution in [0.5, 0.6) is 0 Å². The maximum Gasteiger partial charge on any atom is 0.0516 e. The maximum atomic E-state index is 6.11. The molecule has 1 atom stereocenters. The van der Waals surface area contributed by atoms with Gasteiger partial charge in [0.2, 0.25) is 0 Å². The largest absolute Gasteiger partial charge is 0.118 e. The molecule has 13 heavy (non-hydrogen) atoms. The third-order valence-corrected chi connectivity index (χ3v) is 2.50. The Morgan fingerprint density at radius 2 is 1.85 bits per heavy atom. The first kappa shape index (κ1) is 13.0. The summed E-state index contributed by atoms with van der Waals surface area (Å²) in [5.74, 6) is 0. The molecule has 0 aliphatic rings. The molecular weight excluding hydrogens is 180 g/mol. The molecule has 0 N–H and O–H groups in total. The van der Waals surface area contributed by atoms with Crippen LogP contribution in [0.1, 0.15) is 58.8 Å². The van der Waals surface area contributed by atoms with Crippen LogP contribution in [-0.2, 0) is 0 Å². The van der Waals surface area contributed by atoms with Crippen LogP contribution in [0, 0.1) is 0 Å². The minimum atomic E-state index is 0.267. The first-order valence-corrected chi connectivity index (χ1v) is 6.05. The Hall–Kier alpha value is 0.0300. The number of hydrogen-bond donors (Lipinski definition) is 0. The van der Waals surface area contributed by atoms with E-state index in [9.17, 15) is 0 Å². The highest BCUT2D eigenvalue weighted by molar-refractivity contribution is 6.21. The van der Waals surface area contributed by atoms with Gasteiger partial charge in [0.15, 0.2) is 0 Å². The van der Waals surface area contributed by atoms with Crippen molar-refractivity contribution in [3.63, 3.8) is 0 Å². The maximum absolute atomic E-state index is 6.11. The molecule has 0 aliphatic carbocycles. The molecule has 0 aromatic carbocycles. The summed E-state index contributed by atoms with van der Waals surface area (Å²) in [6.45, 7) is 4.42. The molecule has 0 spiro atoms. The summed E-state index contributed by atoms with van der Waals surface area (Å²) < 4.78 is 0. The zero-order chi connectivity index (χ0) is 9.94. The average Bonchev–Trinajstić information content (AvgIpc) is 2.13. The van der Waals surface area contributed by atoms with Crippen LogP contribution >= 0.6 is 11.6 Å². The summed E-state index contributed by atoms with van der Waals surface area (Å²) in [4.78, 5) is 0. The van der Waals surface area contributed by atoms with Gasteiger partial charge >= 0.3 is 0 Å². The van der Waals surface area contributed by atoms with Crippen molar-refractivity contribution in [2.24, 2.45) is 0 Å². The van der Waals surface area contributed by atoms with Gasteiger partial charge < -0.3 is 0 Å². The van der Waals surface area contributed by atoms with Gasteiger partial charge in [-0.15, -0.1) is 11.6 Å². The molecule has 0 aliphatic heterocycles. The van der Waals surface area contributed by atoms with Gasteiger partial charge in [0.1, 0.15) is 0 Å². The zero-order valence-electron chi connectivity index (χ0n) is 9.06. The van der Waals surface area contributed by atoms with Gasteiger partial charge in [-0.3, -0.25) is 0 Å². The number of rotatable bonds is 8. The molecule has 1 heteroatoms. The summed E-state index contributed by atoms with van der Waals surface area (Å²) in [5.41, 5.74) is 0. The van der Waals surface area contributed by atoms with E-state index in [1.54, 1.807) is 0 Å². The van der Waals surface area contributed by atoms with Crippen LogP contribution in [0.4, 0.5) is 0 Å². The second kappa shape index (κ2) is 10.1. The Balaban J connectivity index is 3.24. The molecule has 0 fully saturated rings. The van der Waals surface area contributed by atoms with Crippen molar-refractivity contribution < 1.29 is 0 Å². The van der Waals surface area contributed by atoms with Crippen molar-refractivity contribution in [2.75, 3.05) is 0 Å². The van der Waals surface area contributed by atoms with Crippen LogP contribution in [0.3, 0.4) is 0 Å². The van der Waals surface area contributed by atoms with Crippen LogP contribution in [0.15, 0.2) is 12.2 Å². The van der Waals surface area contributed by atoms with E-state index < -0.39 is 0 Å². The number of unbranched alkanes of at least 4 members (excludes halogenated alkanes) is 4. The predicted molar refractivity (Wildman–Crippen MR) is 62.4 cm³/mol. The second-order valence-electron chi connectivity index (χ2n) is 3.58. The van der Waals surface area contributed by atoms with Gasteiger partial charge in [0.05, 0.1) is 5.38 Å². The van der Waals surface area contributed by atoms with Crippen LogP contribution in [-0.4, -0.2) is 5.38 Å². The number of hydrogen-bond acceptors (Lipinski definition) is 0. The molecule has 78 valence electrons. The lowest BCUT2D eigenvalue weighted by Gasteiger charge is -2.02. The van der Waals surface area contributed by atoms with E-state index in [4.69, 9.17) is 11.6 Å². The lowest BCUT2D eigenvalue weighted by atomic mass is 10.1. The summed E-state index contributed by atoms with van der Waals surface area (Å²) in [7, 11) is 0. The Kier molecular flexibility index (Phi) is 10.1. The number of halogens is 1. The highest BCUT2D eigenvalue weighted by atomic mass is 35.5. The Morgan fingerprint density at radius 1 is 1.08 bits per heavy atom. The quantitative estimate of drug-likeness (QED) is 0.298. The lowest BCUT2D eigenvalue weighted by Crippen LogP contribution is -1.92. The van der Waals surface area contributed by atoms with E-state index in [-0.39, 0.29) is 5.38 Å². The molecule has 0 bridgehead atoms. The SMILES string of the molecule is CCC/C=C/C(Cl)CCCCCC. The third kappa shape index (κ3) is 9.95. The van der Waals surface area contributed by atoms with Gasteiger partial charge in [-0.25, -0.2) is 0 Å². The van der Waals surface area contributed by atoms with E-state index in [1.807, 2.05) is 0 Å². The Labute approximate surface area is 88.4 Å². The number of alkyl halides is 1. The van der Waals surface area contributed by atoms with E-state index in [2.05, 4.69) is 26.0 Å². The van der Waals surface area contributed by atoms with Crippen LogP contribution in [0.2, 0.25) is 0 Å². The van der Waals surface area contributed by atoms with Gasteiger partial charge in [-0.05, 0) is 12.8 Å². The molecule has 0 saturated heterocycles. The monoisotopic (exact) mass is 202 g/mol. The molecule has 0 rings (SSSR count). The van der Waals surface area contributed by atoms with Crippen molar-refractivity contribution in [1.29, 1.82) is 0 Å². The highest BCUT2D eigenvalue weighted by Gasteiger charge is 1.97. The molecule has 0 saturated carbocycles. The molecule has 0 aromatic heterocycles. The fourth-order valence-corrected chi connectivity index (χ4v) is 1.53. The van der Waals surface area contributed by atoms with Gasteiger partial charge in [0, 0.05) is 0 Å². The molecule has 0 heterocycles. The topological polar surface area (TPSA) is 0 Å². The summed E-state index contributed by atoms with van der Waals surface area (Å²) in [6, 6.07) is 0. The van der Waals surface area contributed by atoms with Gasteiger partial charge in [-0.2, -0.15) is 0 Å². The average molecular weight is 203 g/mol.